The maximum atomic E-state index is 12.4. The van der Waals surface area contributed by atoms with Crippen LogP contribution < -0.4 is 15.5 Å². The fourth-order valence-electron chi connectivity index (χ4n) is 4.51. The van der Waals surface area contributed by atoms with E-state index in [1.54, 1.807) is 0 Å². The predicted octanol–water partition coefficient (Wildman–Crippen LogP) is 3.68. The fraction of sp³-hybridized carbons (Fsp3) is 0.440. The molecule has 1 aliphatic heterocycles. The normalized spacial score (nSPS) is 16.6. The summed E-state index contributed by atoms with van der Waals surface area (Å²) in [5, 5.41) is 5.86. The van der Waals surface area contributed by atoms with Gasteiger partial charge in [0.05, 0.1) is 0 Å². The molecule has 2 amide bonds. The van der Waals surface area contributed by atoms with E-state index in [1.165, 1.54) is 17.5 Å². The molecule has 1 fully saturated rings. The van der Waals surface area contributed by atoms with E-state index < -0.39 is 0 Å². The number of hydrogen-bond donors (Lipinski definition) is 2. The summed E-state index contributed by atoms with van der Waals surface area (Å²) in [7, 11) is 0. The lowest BCUT2D eigenvalue weighted by molar-refractivity contribution is -0.125. The van der Waals surface area contributed by atoms with E-state index in [9.17, 15) is 9.59 Å². The van der Waals surface area contributed by atoms with Crippen LogP contribution in [0.5, 0.6) is 0 Å². The van der Waals surface area contributed by atoms with Crippen molar-refractivity contribution in [3.05, 3.63) is 65.2 Å². The van der Waals surface area contributed by atoms with Gasteiger partial charge in [0.1, 0.15) is 0 Å². The van der Waals surface area contributed by atoms with Gasteiger partial charge in [0, 0.05) is 43.3 Å². The number of fused-ring (bicyclic) bond motifs is 1. The highest BCUT2D eigenvalue weighted by molar-refractivity contribution is 5.94. The van der Waals surface area contributed by atoms with Gasteiger partial charge in [0.2, 0.25) is 5.91 Å². The number of nitrogens with zero attached hydrogens (tertiary/aromatic N) is 1. The second-order valence-electron chi connectivity index (χ2n) is 8.37. The summed E-state index contributed by atoms with van der Waals surface area (Å²) in [6.45, 7) is 2.82. The van der Waals surface area contributed by atoms with Crippen LogP contribution in [0.3, 0.4) is 0 Å². The summed E-state index contributed by atoms with van der Waals surface area (Å²) in [5.74, 6) is 0.192. The fourth-order valence-corrected chi connectivity index (χ4v) is 4.51. The highest BCUT2D eigenvalue weighted by atomic mass is 16.2. The summed E-state index contributed by atoms with van der Waals surface area (Å²) in [5.41, 5.74) is 4.59. The minimum absolute atomic E-state index is 0.0996. The first-order valence-corrected chi connectivity index (χ1v) is 11.2. The Morgan fingerprint density at radius 1 is 0.867 bits per heavy atom. The number of nitrogens with one attached hydrogen (secondary N) is 2. The highest BCUT2D eigenvalue weighted by Crippen LogP contribution is 2.25. The van der Waals surface area contributed by atoms with Crippen molar-refractivity contribution in [2.45, 2.75) is 45.1 Å². The van der Waals surface area contributed by atoms with Crippen molar-refractivity contribution in [2.75, 3.05) is 24.5 Å². The van der Waals surface area contributed by atoms with Gasteiger partial charge in [-0.15, -0.1) is 0 Å². The maximum Gasteiger partial charge on any atom is 0.251 e. The summed E-state index contributed by atoms with van der Waals surface area (Å²) < 4.78 is 0. The number of rotatable bonds is 6. The lowest BCUT2D eigenvalue weighted by Gasteiger charge is -2.30. The summed E-state index contributed by atoms with van der Waals surface area (Å²) in [4.78, 5) is 26.9. The van der Waals surface area contributed by atoms with Crippen LogP contribution >= 0.6 is 0 Å². The minimum Gasteiger partial charge on any atom is -0.367 e. The zero-order chi connectivity index (χ0) is 20.8. The molecule has 5 heteroatoms. The van der Waals surface area contributed by atoms with Gasteiger partial charge in [-0.2, -0.15) is 0 Å². The molecular formula is C25H31N3O2. The Labute approximate surface area is 178 Å². The molecule has 2 aromatic rings. The third-order valence-corrected chi connectivity index (χ3v) is 6.31. The number of carbonyl (C=O) groups is 2. The monoisotopic (exact) mass is 405 g/mol. The van der Waals surface area contributed by atoms with Gasteiger partial charge >= 0.3 is 0 Å². The van der Waals surface area contributed by atoms with E-state index in [1.807, 2.05) is 24.3 Å². The van der Waals surface area contributed by atoms with Crippen LogP contribution in [0.2, 0.25) is 0 Å². The van der Waals surface area contributed by atoms with E-state index in [0.29, 0.717) is 18.7 Å². The van der Waals surface area contributed by atoms with Crippen LogP contribution in [0.4, 0.5) is 5.69 Å². The van der Waals surface area contributed by atoms with Crippen molar-refractivity contribution >= 4 is 17.5 Å². The molecule has 4 rings (SSSR count). The average molecular weight is 406 g/mol. The molecule has 2 aromatic carbocycles. The van der Waals surface area contributed by atoms with Crippen molar-refractivity contribution in [1.29, 1.82) is 0 Å². The molecule has 0 saturated heterocycles. The molecule has 1 aliphatic carbocycles. The summed E-state index contributed by atoms with van der Waals surface area (Å²) in [6.07, 6.45) is 6.57. The number of benzene rings is 2. The Kier molecular flexibility index (Phi) is 6.67. The smallest absolute Gasteiger partial charge is 0.251 e. The highest BCUT2D eigenvalue weighted by Gasteiger charge is 2.20. The Hall–Kier alpha value is -2.82. The van der Waals surface area contributed by atoms with E-state index in [-0.39, 0.29) is 17.7 Å². The SMILES string of the molecule is O=C(NCCNC(=O)C1CCCCC1)c1ccc(N2CCc3ccccc3C2)cc1. The van der Waals surface area contributed by atoms with E-state index in [0.717, 1.165) is 50.9 Å². The van der Waals surface area contributed by atoms with Gasteiger partial charge < -0.3 is 15.5 Å². The Balaban J connectivity index is 1.23. The molecule has 1 saturated carbocycles. The topological polar surface area (TPSA) is 61.4 Å². The second kappa shape index (κ2) is 9.79. The van der Waals surface area contributed by atoms with Gasteiger partial charge in [0.15, 0.2) is 0 Å². The maximum absolute atomic E-state index is 12.4. The van der Waals surface area contributed by atoms with Crippen LogP contribution in [0.1, 0.15) is 53.6 Å². The first kappa shape index (κ1) is 20.5. The van der Waals surface area contributed by atoms with Gasteiger partial charge in [-0.3, -0.25) is 9.59 Å². The molecule has 5 nitrogen and oxygen atoms in total. The lowest BCUT2D eigenvalue weighted by Crippen LogP contribution is -2.38. The van der Waals surface area contributed by atoms with Crippen molar-refractivity contribution < 1.29 is 9.59 Å². The Bertz CT molecular complexity index is 872. The molecular weight excluding hydrogens is 374 g/mol. The standard InChI is InChI=1S/C25H31N3O2/c29-24(20-7-2-1-3-8-20)26-15-16-27-25(30)21-10-12-23(13-11-21)28-17-14-19-6-4-5-9-22(19)18-28/h4-6,9-13,20H,1-3,7-8,14-18H2,(H,26,29)(H,27,30). The lowest BCUT2D eigenvalue weighted by atomic mass is 9.89. The molecule has 2 aliphatic rings. The minimum atomic E-state index is -0.0996. The molecule has 2 N–H and O–H groups in total. The molecule has 0 spiro atoms. The average Bonchev–Trinajstić information content (AvgIpc) is 2.82. The van der Waals surface area contributed by atoms with Crippen LogP contribution in [0.25, 0.3) is 0 Å². The molecule has 1 heterocycles. The second-order valence-corrected chi connectivity index (χ2v) is 8.37. The van der Waals surface area contributed by atoms with E-state index in [4.69, 9.17) is 0 Å². The van der Waals surface area contributed by atoms with Gasteiger partial charge in [-0.1, -0.05) is 43.5 Å². The molecule has 0 atom stereocenters. The molecule has 0 bridgehead atoms. The third kappa shape index (κ3) is 5.02. The van der Waals surface area contributed by atoms with E-state index in [2.05, 4.69) is 39.8 Å². The molecule has 0 radical (unpaired) electrons. The van der Waals surface area contributed by atoms with E-state index >= 15 is 0 Å². The van der Waals surface area contributed by atoms with Gasteiger partial charge in [-0.25, -0.2) is 0 Å². The molecule has 0 aromatic heterocycles. The Morgan fingerprint density at radius 2 is 1.57 bits per heavy atom. The largest absolute Gasteiger partial charge is 0.367 e. The molecule has 0 unspecified atom stereocenters. The van der Waals surface area contributed by atoms with Crippen molar-refractivity contribution in [3.8, 4) is 0 Å². The third-order valence-electron chi connectivity index (χ3n) is 6.31. The Morgan fingerprint density at radius 3 is 2.33 bits per heavy atom. The number of hydrogen-bond acceptors (Lipinski definition) is 3. The predicted molar refractivity (Wildman–Crippen MR) is 120 cm³/mol. The first-order chi connectivity index (χ1) is 14.7. The number of anilines is 1. The van der Waals surface area contributed by atoms with Crippen LogP contribution in [0.15, 0.2) is 48.5 Å². The van der Waals surface area contributed by atoms with Crippen LogP contribution in [-0.2, 0) is 17.8 Å². The number of carbonyl (C=O) groups excluding carboxylic acids is 2. The summed E-state index contributed by atoms with van der Waals surface area (Å²) >= 11 is 0. The zero-order valence-electron chi connectivity index (χ0n) is 17.5. The summed E-state index contributed by atoms with van der Waals surface area (Å²) in [6, 6.07) is 16.4. The van der Waals surface area contributed by atoms with Gasteiger partial charge in [0.25, 0.3) is 5.91 Å². The first-order valence-electron chi connectivity index (χ1n) is 11.2. The zero-order valence-corrected chi connectivity index (χ0v) is 17.5. The van der Waals surface area contributed by atoms with Gasteiger partial charge in [-0.05, 0) is 54.7 Å². The van der Waals surface area contributed by atoms with Crippen LogP contribution in [-0.4, -0.2) is 31.4 Å². The van der Waals surface area contributed by atoms with Crippen molar-refractivity contribution in [1.82, 2.24) is 10.6 Å². The van der Waals surface area contributed by atoms with Crippen molar-refractivity contribution in [3.63, 3.8) is 0 Å². The van der Waals surface area contributed by atoms with Crippen molar-refractivity contribution in [2.24, 2.45) is 5.92 Å². The van der Waals surface area contributed by atoms with Crippen LogP contribution in [0, 0.1) is 5.92 Å². The molecule has 158 valence electrons. The molecule has 30 heavy (non-hydrogen) atoms. The quantitative estimate of drug-likeness (QED) is 0.721. The number of amides is 2.